The van der Waals surface area contributed by atoms with Gasteiger partial charge in [-0.3, -0.25) is 4.90 Å². The lowest BCUT2D eigenvalue weighted by Crippen LogP contribution is -2.48. The number of hydrogen-bond donors (Lipinski definition) is 1. The molecule has 0 saturated carbocycles. The van der Waals surface area contributed by atoms with E-state index in [0.717, 1.165) is 26.2 Å². The Balaban J connectivity index is 1.82. The molecule has 1 aromatic heterocycles. The molecule has 0 spiro atoms. The summed E-state index contributed by atoms with van der Waals surface area (Å²) in [5.41, 5.74) is 0. The Kier molecular flexibility index (Phi) is 5.28. The van der Waals surface area contributed by atoms with Crippen molar-refractivity contribution in [2.75, 3.05) is 58.3 Å². The maximum atomic E-state index is 13.6. The first-order valence-corrected chi connectivity index (χ1v) is 6.97. The van der Waals surface area contributed by atoms with Gasteiger partial charge in [0.2, 0.25) is 0 Å². The number of nitrogens with zero attached hydrogens (tertiary/aromatic N) is 4. The third-order valence-corrected chi connectivity index (χ3v) is 3.65. The Labute approximate surface area is 119 Å². The Hall–Kier alpha value is -1.24. The van der Waals surface area contributed by atoms with Crippen LogP contribution >= 0.6 is 0 Å². The average Bonchev–Trinajstić information content (AvgIpc) is 2.41. The van der Waals surface area contributed by atoms with Gasteiger partial charge in [0, 0.05) is 52.5 Å². The zero-order valence-corrected chi connectivity index (χ0v) is 12.2. The van der Waals surface area contributed by atoms with Crippen molar-refractivity contribution < 1.29 is 9.50 Å². The first kappa shape index (κ1) is 15.2. The van der Waals surface area contributed by atoms with E-state index in [9.17, 15) is 9.50 Å². The Morgan fingerprint density at radius 1 is 1.40 bits per heavy atom. The van der Waals surface area contributed by atoms with Crippen molar-refractivity contribution in [3.8, 4) is 0 Å². The van der Waals surface area contributed by atoms with Crippen LogP contribution in [0.25, 0.3) is 0 Å². The standard InChI is InChI=1S/C14H23FN4O/c1-17-6-8-19(9-7-17)11-12(20)10-18(2)14-13(15)4-3-5-16-14/h3-5,12,20H,6-11H2,1-2H3/t12-/m1/s1. The van der Waals surface area contributed by atoms with Crippen LogP contribution in [0.15, 0.2) is 18.3 Å². The summed E-state index contributed by atoms with van der Waals surface area (Å²) in [5, 5.41) is 10.1. The van der Waals surface area contributed by atoms with Crippen molar-refractivity contribution in [1.82, 2.24) is 14.8 Å². The van der Waals surface area contributed by atoms with E-state index < -0.39 is 6.10 Å². The topological polar surface area (TPSA) is 42.8 Å². The first-order valence-electron chi connectivity index (χ1n) is 6.97. The van der Waals surface area contributed by atoms with Crippen molar-refractivity contribution in [3.05, 3.63) is 24.1 Å². The predicted octanol–water partition coefficient (Wildman–Crippen LogP) is 0.265. The SMILES string of the molecule is CN1CCN(C[C@H](O)CN(C)c2ncccc2F)CC1. The van der Waals surface area contributed by atoms with E-state index >= 15 is 0 Å². The van der Waals surface area contributed by atoms with Crippen LogP contribution < -0.4 is 4.90 Å². The van der Waals surface area contributed by atoms with Crippen molar-refractivity contribution in [2.45, 2.75) is 6.10 Å². The number of halogens is 1. The minimum atomic E-state index is -0.509. The molecular formula is C14H23FN4O. The lowest BCUT2D eigenvalue weighted by atomic mass is 10.2. The number of anilines is 1. The number of hydrogen-bond acceptors (Lipinski definition) is 5. The van der Waals surface area contributed by atoms with Crippen LogP contribution in [0, 0.1) is 5.82 Å². The summed E-state index contributed by atoms with van der Waals surface area (Å²) in [6.07, 6.45) is 1.05. The largest absolute Gasteiger partial charge is 0.390 e. The molecule has 0 aliphatic carbocycles. The summed E-state index contributed by atoms with van der Waals surface area (Å²) >= 11 is 0. The van der Waals surface area contributed by atoms with Crippen LogP contribution in [0.4, 0.5) is 10.2 Å². The van der Waals surface area contributed by atoms with Gasteiger partial charge < -0.3 is 14.9 Å². The van der Waals surface area contributed by atoms with Crippen LogP contribution in [0.2, 0.25) is 0 Å². The van der Waals surface area contributed by atoms with Gasteiger partial charge in [-0.25, -0.2) is 9.37 Å². The summed E-state index contributed by atoms with van der Waals surface area (Å²) < 4.78 is 13.6. The third kappa shape index (κ3) is 4.13. The van der Waals surface area contributed by atoms with Gasteiger partial charge in [0.15, 0.2) is 11.6 Å². The zero-order chi connectivity index (χ0) is 14.5. The number of β-amino-alcohol motifs (C(OH)–C–C–N with tert-alkyl or cyclic N) is 1. The molecule has 112 valence electrons. The summed E-state index contributed by atoms with van der Waals surface area (Å²) in [6, 6.07) is 2.94. The van der Waals surface area contributed by atoms with Crippen LogP contribution in [0.3, 0.4) is 0 Å². The molecule has 1 aromatic rings. The number of aromatic nitrogens is 1. The second-order valence-electron chi connectivity index (χ2n) is 5.45. The van der Waals surface area contributed by atoms with E-state index in [2.05, 4.69) is 21.8 Å². The molecule has 1 fully saturated rings. The van der Waals surface area contributed by atoms with Crippen LogP contribution in [-0.2, 0) is 0 Å². The number of likely N-dealkylation sites (N-methyl/N-ethyl adjacent to an activating group) is 2. The Morgan fingerprint density at radius 2 is 2.10 bits per heavy atom. The average molecular weight is 282 g/mol. The fourth-order valence-corrected chi connectivity index (χ4v) is 2.45. The Morgan fingerprint density at radius 3 is 2.75 bits per heavy atom. The Bertz CT molecular complexity index is 423. The van der Waals surface area contributed by atoms with Crippen molar-refractivity contribution >= 4 is 5.82 Å². The lowest BCUT2D eigenvalue weighted by Gasteiger charge is -2.34. The molecule has 1 N–H and O–H groups in total. The highest BCUT2D eigenvalue weighted by Crippen LogP contribution is 2.13. The molecule has 1 atom stereocenters. The molecule has 2 rings (SSSR count). The summed E-state index contributed by atoms with van der Waals surface area (Å²) in [6.45, 7) is 4.98. The fraction of sp³-hybridized carbons (Fsp3) is 0.643. The molecule has 5 nitrogen and oxygen atoms in total. The minimum Gasteiger partial charge on any atom is -0.390 e. The smallest absolute Gasteiger partial charge is 0.165 e. The van der Waals surface area contributed by atoms with Crippen LogP contribution in [-0.4, -0.2) is 79.4 Å². The second kappa shape index (κ2) is 6.97. The van der Waals surface area contributed by atoms with Gasteiger partial charge in [0.05, 0.1) is 6.10 Å². The number of piperazine rings is 1. The summed E-state index contributed by atoms with van der Waals surface area (Å²) in [7, 11) is 3.85. The van der Waals surface area contributed by atoms with Gasteiger partial charge in [0.25, 0.3) is 0 Å². The molecule has 0 radical (unpaired) electrons. The molecule has 1 aliphatic heterocycles. The number of pyridine rings is 1. The third-order valence-electron chi connectivity index (χ3n) is 3.65. The molecular weight excluding hydrogens is 259 g/mol. The normalized spacial score (nSPS) is 19.0. The van der Waals surface area contributed by atoms with E-state index in [0.29, 0.717) is 13.1 Å². The molecule has 2 heterocycles. The van der Waals surface area contributed by atoms with Gasteiger partial charge in [0.1, 0.15) is 0 Å². The quantitative estimate of drug-likeness (QED) is 0.839. The highest BCUT2D eigenvalue weighted by molar-refractivity contribution is 5.38. The number of aliphatic hydroxyl groups is 1. The van der Waals surface area contributed by atoms with Gasteiger partial charge in [-0.05, 0) is 19.2 Å². The lowest BCUT2D eigenvalue weighted by molar-refractivity contribution is 0.0841. The van der Waals surface area contributed by atoms with E-state index in [1.807, 2.05) is 0 Å². The molecule has 6 heteroatoms. The molecule has 1 saturated heterocycles. The first-order chi connectivity index (χ1) is 9.56. The number of aliphatic hydroxyl groups excluding tert-OH is 1. The molecule has 0 amide bonds. The zero-order valence-electron chi connectivity index (χ0n) is 12.2. The highest BCUT2D eigenvalue weighted by Gasteiger charge is 2.19. The molecule has 0 aromatic carbocycles. The summed E-state index contributed by atoms with van der Waals surface area (Å²) in [5.74, 6) is -0.0771. The van der Waals surface area contributed by atoms with Crippen LogP contribution in [0.1, 0.15) is 0 Å². The van der Waals surface area contributed by atoms with Crippen molar-refractivity contribution in [1.29, 1.82) is 0 Å². The monoisotopic (exact) mass is 282 g/mol. The molecule has 20 heavy (non-hydrogen) atoms. The van der Waals surface area contributed by atoms with Crippen molar-refractivity contribution in [3.63, 3.8) is 0 Å². The maximum absolute atomic E-state index is 13.6. The molecule has 0 bridgehead atoms. The van der Waals surface area contributed by atoms with Gasteiger partial charge in [-0.2, -0.15) is 0 Å². The summed E-state index contributed by atoms with van der Waals surface area (Å²) in [4.78, 5) is 10.2. The predicted molar refractivity (Wildman–Crippen MR) is 77.4 cm³/mol. The van der Waals surface area contributed by atoms with E-state index in [1.165, 1.54) is 6.07 Å². The van der Waals surface area contributed by atoms with Crippen LogP contribution in [0.5, 0.6) is 0 Å². The van der Waals surface area contributed by atoms with Gasteiger partial charge in [-0.1, -0.05) is 0 Å². The van der Waals surface area contributed by atoms with E-state index in [-0.39, 0.29) is 11.6 Å². The fourth-order valence-electron chi connectivity index (χ4n) is 2.45. The van der Waals surface area contributed by atoms with E-state index in [1.54, 1.807) is 24.2 Å². The molecule has 1 aliphatic rings. The van der Waals surface area contributed by atoms with Gasteiger partial charge in [-0.15, -0.1) is 0 Å². The maximum Gasteiger partial charge on any atom is 0.165 e. The highest BCUT2D eigenvalue weighted by atomic mass is 19.1. The minimum absolute atomic E-state index is 0.282. The molecule has 0 unspecified atom stereocenters. The second-order valence-corrected chi connectivity index (χ2v) is 5.45. The van der Waals surface area contributed by atoms with E-state index in [4.69, 9.17) is 0 Å². The van der Waals surface area contributed by atoms with Gasteiger partial charge >= 0.3 is 0 Å². The number of rotatable bonds is 5. The van der Waals surface area contributed by atoms with Crippen molar-refractivity contribution in [2.24, 2.45) is 0 Å².